The van der Waals surface area contributed by atoms with Crippen molar-refractivity contribution in [1.82, 2.24) is 0 Å². The van der Waals surface area contributed by atoms with Crippen molar-refractivity contribution in [3.05, 3.63) is 258 Å². The molecule has 0 saturated heterocycles. The molecule has 2 aliphatic carbocycles. The third-order valence-electron chi connectivity index (χ3n) is 12.1. The van der Waals surface area contributed by atoms with Gasteiger partial charge in [-0.1, -0.05) is 206 Å². The van der Waals surface area contributed by atoms with Crippen LogP contribution >= 0.6 is 0 Å². The molecule has 0 fully saturated rings. The molecule has 0 atom stereocenters. The lowest BCUT2D eigenvalue weighted by molar-refractivity contribution is 0.746. The van der Waals surface area contributed by atoms with Crippen molar-refractivity contribution in [3.63, 3.8) is 0 Å². The van der Waals surface area contributed by atoms with Gasteiger partial charge >= 0.3 is 0 Å². The van der Waals surface area contributed by atoms with Crippen LogP contribution in [0.4, 0.5) is 11.4 Å². The normalized spacial score (nSPS) is 13.1. The highest BCUT2D eigenvalue weighted by molar-refractivity contribution is 5.94. The number of hydrogen-bond acceptors (Lipinski definition) is 1. The minimum absolute atomic E-state index is 0.498. The molecule has 0 bridgehead atoms. The number of anilines is 2. The van der Waals surface area contributed by atoms with Gasteiger partial charge in [-0.2, -0.15) is 0 Å². The van der Waals surface area contributed by atoms with Crippen LogP contribution in [0.3, 0.4) is 0 Å². The molecule has 1 nitrogen and oxygen atoms in total. The van der Waals surface area contributed by atoms with Crippen molar-refractivity contribution < 1.29 is 0 Å². The molecule has 0 radical (unpaired) electrons. The van der Waals surface area contributed by atoms with Crippen LogP contribution in [-0.4, -0.2) is 0 Å². The Kier molecular flexibility index (Phi) is 8.12. The van der Waals surface area contributed by atoms with Crippen molar-refractivity contribution in [2.75, 3.05) is 4.90 Å². The lowest BCUT2D eigenvalue weighted by Gasteiger charge is -2.39. The fraction of sp³-hybridized carbons (Fsp3) is 0.0175. The molecule has 1 heteroatoms. The number of rotatable bonds is 7. The van der Waals surface area contributed by atoms with Gasteiger partial charge in [0.1, 0.15) is 0 Å². The summed E-state index contributed by atoms with van der Waals surface area (Å²) in [6.45, 7) is 0. The fourth-order valence-corrected chi connectivity index (χ4v) is 9.40. The largest absolute Gasteiger partial charge is 0.313 e. The first-order valence-electron chi connectivity index (χ1n) is 20.1. The van der Waals surface area contributed by atoms with Gasteiger partial charge in [0, 0.05) is 17.1 Å². The highest BCUT2D eigenvalue weighted by atomic mass is 15.2. The van der Waals surface area contributed by atoms with E-state index in [0.29, 0.717) is 0 Å². The SMILES string of the molecule is C1=C(N(c2ccc(-c3ccc(-c4ccccc4)cc3)cc2)c2ccc(-c3ccc(-c4ccccc4)cc3)cc2)C2(c3ccccc31)c1ccccc1-c1ccccc12. The topological polar surface area (TPSA) is 3.24 Å². The molecule has 2 aliphatic rings. The summed E-state index contributed by atoms with van der Waals surface area (Å²) in [4.78, 5) is 2.50. The number of benzene rings is 9. The standard InChI is InChI=1S/C57H39N/c1-3-13-40(14-4-1)42-23-27-44(28-24-42)46-31-35-49(36-32-46)58(50-37-33-47(34-38-50)45-29-25-43(26-30-45)41-15-5-2-6-16-41)56-39-48-17-7-10-20-53(48)57(56)54-21-11-8-18-51(54)52-19-9-12-22-55(52)57/h1-39H. The molecule has 272 valence electrons. The predicted molar refractivity (Wildman–Crippen MR) is 243 cm³/mol. The van der Waals surface area contributed by atoms with E-state index in [1.807, 2.05) is 0 Å². The molecule has 1 spiro atoms. The summed E-state index contributed by atoms with van der Waals surface area (Å²) >= 11 is 0. The van der Waals surface area contributed by atoms with Gasteiger partial charge in [-0.25, -0.2) is 0 Å². The van der Waals surface area contributed by atoms with E-state index in [0.717, 1.165) is 11.4 Å². The van der Waals surface area contributed by atoms with Gasteiger partial charge in [-0.3, -0.25) is 0 Å². The zero-order valence-corrected chi connectivity index (χ0v) is 32.0. The van der Waals surface area contributed by atoms with Crippen molar-refractivity contribution in [3.8, 4) is 55.6 Å². The molecule has 0 N–H and O–H groups in total. The maximum Gasteiger partial charge on any atom is 0.0875 e. The first kappa shape index (κ1) is 33.8. The number of fused-ring (bicyclic) bond motifs is 7. The van der Waals surface area contributed by atoms with Crippen LogP contribution in [0.5, 0.6) is 0 Å². The van der Waals surface area contributed by atoms with Crippen LogP contribution in [-0.2, 0) is 5.41 Å². The summed E-state index contributed by atoms with van der Waals surface area (Å²) < 4.78 is 0. The molecule has 0 amide bonds. The van der Waals surface area contributed by atoms with Gasteiger partial charge in [0.05, 0.1) is 5.41 Å². The smallest absolute Gasteiger partial charge is 0.0875 e. The molecule has 58 heavy (non-hydrogen) atoms. The Morgan fingerprint density at radius 2 is 0.569 bits per heavy atom. The predicted octanol–water partition coefficient (Wildman–Crippen LogP) is 14.9. The average Bonchev–Trinajstić information content (AvgIpc) is 3.81. The third kappa shape index (κ3) is 5.47. The van der Waals surface area contributed by atoms with Crippen molar-refractivity contribution in [2.45, 2.75) is 5.41 Å². The fourth-order valence-electron chi connectivity index (χ4n) is 9.40. The summed E-state index contributed by atoms with van der Waals surface area (Å²) in [7, 11) is 0. The van der Waals surface area contributed by atoms with Crippen LogP contribution in [0, 0.1) is 0 Å². The number of hydrogen-bond donors (Lipinski definition) is 0. The maximum absolute atomic E-state index is 2.50. The molecule has 9 aromatic carbocycles. The van der Waals surface area contributed by atoms with Gasteiger partial charge in [0.25, 0.3) is 0 Å². The van der Waals surface area contributed by atoms with Gasteiger partial charge in [-0.15, -0.1) is 0 Å². The van der Waals surface area contributed by atoms with E-state index < -0.39 is 5.41 Å². The average molecular weight is 738 g/mol. The highest BCUT2D eigenvalue weighted by Crippen LogP contribution is 2.61. The highest BCUT2D eigenvalue weighted by Gasteiger charge is 2.52. The molecule has 0 aromatic heterocycles. The van der Waals surface area contributed by atoms with Gasteiger partial charge in [0.15, 0.2) is 0 Å². The van der Waals surface area contributed by atoms with Gasteiger partial charge in [0.2, 0.25) is 0 Å². The Morgan fingerprint density at radius 1 is 0.259 bits per heavy atom. The van der Waals surface area contributed by atoms with Crippen molar-refractivity contribution >= 4 is 17.5 Å². The van der Waals surface area contributed by atoms with E-state index in [9.17, 15) is 0 Å². The van der Waals surface area contributed by atoms with Gasteiger partial charge in [-0.05, 0) is 108 Å². The Bertz CT molecular complexity index is 2770. The lowest BCUT2D eigenvalue weighted by Crippen LogP contribution is -2.35. The molecule has 0 saturated carbocycles. The second-order valence-electron chi connectivity index (χ2n) is 15.3. The third-order valence-corrected chi connectivity index (χ3v) is 12.1. The van der Waals surface area contributed by atoms with E-state index in [2.05, 4.69) is 241 Å². The Balaban J connectivity index is 1.04. The maximum atomic E-state index is 2.50. The van der Waals surface area contributed by atoms with E-state index in [1.54, 1.807) is 0 Å². The lowest BCUT2D eigenvalue weighted by atomic mass is 9.71. The van der Waals surface area contributed by atoms with Crippen LogP contribution in [0.25, 0.3) is 61.7 Å². The Labute approximate surface area is 340 Å². The molecule has 0 aliphatic heterocycles. The van der Waals surface area contributed by atoms with Crippen molar-refractivity contribution in [2.24, 2.45) is 0 Å². The van der Waals surface area contributed by atoms with Crippen LogP contribution < -0.4 is 4.90 Å². The summed E-state index contributed by atoms with van der Waals surface area (Å²) in [5.74, 6) is 0. The molecule has 11 rings (SSSR count). The first-order chi connectivity index (χ1) is 28.8. The first-order valence-corrected chi connectivity index (χ1v) is 20.1. The second kappa shape index (κ2) is 13.9. The molecular weight excluding hydrogens is 699 g/mol. The molecule has 9 aromatic rings. The quantitative estimate of drug-likeness (QED) is 0.157. The molecule has 0 unspecified atom stereocenters. The Hall–Kier alpha value is -7.48. The summed E-state index contributed by atoms with van der Waals surface area (Å²) in [5.41, 5.74) is 20.4. The minimum Gasteiger partial charge on any atom is -0.313 e. The zero-order valence-electron chi connectivity index (χ0n) is 32.0. The van der Waals surface area contributed by atoms with E-state index in [1.165, 1.54) is 83.6 Å². The monoisotopic (exact) mass is 737 g/mol. The molecular formula is C57H39N. The van der Waals surface area contributed by atoms with E-state index in [-0.39, 0.29) is 0 Å². The summed E-state index contributed by atoms with van der Waals surface area (Å²) in [6, 6.07) is 84.2. The molecule has 0 heterocycles. The van der Waals surface area contributed by atoms with Crippen LogP contribution in [0.1, 0.15) is 22.3 Å². The van der Waals surface area contributed by atoms with Crippen molar-refractivity contribution in [1.29, 1.82) is 0 Å². The zero-order chi connectivity index (χ0) is 38.5. The van der Waals surface area contributed by atoms with E-state index in [4.69, 9.17) is 0 Å². The minimum atomic E-state index is -0.498. The van der Waals surface area contributed by atoms with Gasteiger partial charge < -0.3 is 4.90 Å². The second-order valence-corrected chi connectivity index (χ2v) is 15.3. The number of allylic oxidation sites excluding steroid dienone is 1. The number of nitrogens with zero attached hydrogens (tertiary/aromatic N) is 1. The summed E-state index contributed by atoms with van der Waals surface area (Å²) in [5, 5.41) is 0. The summed E-state index contributed by atoms with van der Waals surface area (Å²) in [6.07, 6.45) is 2.43. The van der Waals surface area contributed by atoms with Crippen LogP contribution in [0.2, 0.25) is 0 Å². The van der Waals surface area contributed by atoms with Crippen LogP contribution in [0.15, 0.2) is 236 Å². The Morgan fingerprint density at radius 3 is 0.983 bits per heavy atom. The van der Waals surface area contributed by atoms with E-state index >= 15 is 0 Å².